The summed E-state index contributed by atoms with van der Waals surface area (Å²) >= 11 is 0. The first-order valence-electron chi connectivity index (χ1n) is 6.59. The van der Waals surface area contributed by atoms with E-state index in [0.717, 1.165) is 28.0 Å². The minimum Gasteiger partial charge on any atom is -0.307 e. The molecule has 3 aromatic rings. The largest absolute Gasteiger partial charge is 0.307 e. The van der Waals surface area contributed by atoms with Crippen molar-refractivity contribution in [2.24, 2.45) is 7.05 Å². The predicted octanol–water partition coefficient (Wildman–Crippen LogP) is 2.01. The molecule has 0 unspecified atom stereocenters. The van der Waals surface area contributed by atoms with E-state index in [2.05, 4.69) is 15.2 Å². The molecule has 0 fully saturated rings. The molecule has 0 aliphatic heterocycles. The number of hydrogen-bond acceptors (Lipinski definition) is 3. The summed E-state index contributed by atoms with van der Waals surface area (Å²) in [7, 11) is 1.86. The molecule has 6 nitrogen and oxygen atoms in total. The molecule has 0 aliphatic carbocycles. The molecule has 0 saturated carbocycles. The number of hydrogen-bond donors (Lipinski definition) is 1. The van der Waals surface area contributed by atoms with Gasteiger partial charge in [-0.15, -0.1) is 0 Å². The Morgan fingerprint density at radius 3 is 2.65 bits per heavy atom. The van der Waals surface area contributed by atoms with E-state index in [-0.39, 0.29) is 11.6 Å². The number of pyridine rings is 1. The highest BCUT2D eigenvalue weighted by molar-refractivity contribution is 5.93. The van der Waals surface area contributed by atoms with Crippen LogP contribution in [0.3, 0.4) is 0 Å². The number of aryl methyl sites for hydroxylation is 2. The van der Waals surface area contributed by atoms with Gasteiger partial charge in [-0.05, 0) is 26.8 Å². The van der Waals surface area contributed by atoms with Gasteiger partial charge in [0.05, 0.1) is 11.4 Å². The normalized spacial score (nSPS) is 11.7. The lowest BCUT2D eigenvalue weighted by atomic mass is 10.1. The van der Waals surface area contributed by atoms with E-state index in [0.29, 0.717) is 0 Å². The first kappa shape index (κ1) is 12.7. The van der Waals surface area contributed by atoms with Crippen LogP contribution in [0.15, 0.2) is 23.1 Å². The summed E-state index contributed by atoms with van der Waals surface area (Å²) in [4.78, 5) is 14.8. The molecule has 104 valence electrons. The third kappa shape index (κ3) is 1.84. The number of nitrogens with zero attached hydrogens (tertiary/aromatic N) is 4. The summed E-state index contributed by atoms with van der Waals surface area (Å²) in [5.41, 5.74) is 3.12. The molecule has 0 aromatic carbocycles. The number of H-pyrrole nitrogens is 1. The molecule has 20 heavy (non-hydrogen) atoms. The third-order valence-corrected chi connectivity index (χ3v) is 3.35. The van der Waals surface area contributed by atoms with Crippen molar-refractivity contribution >= 4 is 11.0 Å². The molecule has 3 aromatic heterocycles. The van der Waals surface area contributed by atoms with Crippen LogP contribution in [0, 0.1) is 6.92 Å². The fourth-order valence-electron chi connectivity index (χ4n) is 2.48. The Labute approximate surface area is 116 Å². The number of nitrogens with one attached hydrogen (secondary N) is 1. The molecular formula is C14H17N5O. The minimum atomic E-state index is -0.139. The lowest BCUT2D eigenvalue weighted by Gasteiger charge is -2.07. The van der Waals surface area contributed by atoms with Gasteiger partial charge in [0.1, 0.15) is 5.65 Å². The molecule has 3 rings (SSSR count). The molecule has 0 saturated heterocycles. The number of fused-ring (bicyclic) bond motifs is 1. The van der Waals surface area contributed by atoms with Gasteiger partial charge < -0.3 is 4.98 Å². The van der Waals surface area contributed by atoms with Gasteiger partial charge in [0.15, 0.2) is 0 Å². The molecule has 0 bridgehead atoms. The average molecular weight is 271 g/mol. The van der Waals surface area contributed by atoms with Gasteiger partial charge in [-0.25, -0.2) is 4.68 Å². The second-order valence-electron chi connectivity index (χ2n) is 5.27. The zero-order chi connectivity index (χ0) is 14.4. The van der Waals surface area contributed by atoms with Gasteiger partial charge in [0.25, 0.3) is 0 Å². The number of rotatable bonds is 2. The summed E-state index contributed by atoms with van der Waals surface area (Å²) in [5, 5.41) is 9.89. The summed E-state index contributed by atoms with van der Waals surface area (Å²) < 4.78 is 3.57. The van der Waals surface area contributed by atoms with Gasteiger partial charge in [0.2, 0.25) is 5.56 Å². The van der Waals surface area contributed by atoms with Crippen LogP contribution < -0.4 is 5.56 Å². The van der Waals surface area contributed by atoms with E-state index in [1.807, 2.05) is 44.8 Å². The maximum Gasteiger partial charge on any atom is 0.250 e. The van der Waals surface area contributed by atoms with Gasteiger partial charge >= 0.3 is 0 Å². The fraction of sp³-hybridized carbons (Fsp3) is 0.357. The lowest BCUT2D eigenvalue weighted by molar-refractivity contribution is 0.542. The topological polar surface area (TPSA) is 68.5 Å². The monoisotopic (exact) mass is 271 g/mol. The lowest BCUT2D eigenvalue weighted by Crippen LogP contribution is -2.10. The maximum atomic E-state index is 11.9. The Kier molecular flexibility index (Phi) is 2.74. The SMILES string of the molecule is Cc1nn(C(C)C)c2[nH]c(=O)cc(-c3ccn(C)n3)c12. The van der Waals surface area contributed by atoms with Crippen LogP contribution >= 0.6 is 0 Å². The van der Waals surface area contributed by atoms with E-state index in [1.165, 1.54) is 0 Å². The van der Waals surface area contributed by atoms with E-state index in [4.69, 9.17) is 0 Å². The van der Waals surface area contributed by atoms with Crippen LogP contribution in [0.4, 0.5) is 0 Å². The van der Waals surface area contributed by atoms with Crippen LogP contribution in [0.1, 0.15) is 25.6 Å². The second-order valence-corrected chi connectivity index (χ2v) is 5.27. The van der Waals surface area contributed by atoms with Crippen molar-refractivity contribution in [3.05, 3.63) is 34.4 Å². The molecule has 1 N–H and O–H groups in total. The molecule has 3 heterocycles. The van der Waals surface area contributed by atoms with Crippen molar-refractivity contribution in [3.8, 4) is 11.3 Å². The third-order valence-electron chi connectivity index (χ3n) is 3.35. The van der Waals surface area contributed by atoms with Crippen LogP contribution in [-0.2, 0) is 7.05 Å². The van der Waals surface area contributed by atoms with Crippen molar-refractivity contribution in [3.63, 3.8) is 0 Å². The van der Waals surface area contributed by atoms with Crippen molar-refractivity contribution < 1.29 is 0 Å². The van der Waals surface area contributed by atoms with Crippen molar-refractivity contribution in [1.82, 2.24) is 24.5 Å². The zero-order valence-corrected chi connectivity index (χ0v) is 12.0. The van der Waals surface area contributed by atoms with Crippen molar-refractivity contribution in [1.29, 1.82) is 0 Å². The minimum absolute atomic E-state index is 0.139. The average Bonchev–Trinajstić information content (AvgIpc) is 2.93. The molecule has 6 heteroatoms. The van der Waals surface area contributed by atoms with Crippen molar-refractivity contribution in [2.75, 3.05) is 0 Å². The smallest absolute Gasteiger partial charge is 0.250 e. The first-order valence-corrected chi connectivity index (χ1v) is 6.59. The van der Waals surface area contributed by atoms with Gasteiger partial charge in [0, 0.05) is 36.3 Å². The molecule has 0 amide bonds. The van der Waals surface area contributed by atoms with Gasteiger partial charge in [-0.3, -0.25) is 9.48 Å². The second kappa shape index (κ2) is 4.33. The number of aromatic nitrogens is 5. The summed E-state index contributed by atoms with van der Waals surface area (Å²) in [6.07, 6.45) is 1.87. The van der Waals surface area contributed by atoms with Gasteiger partial charge in [-0.1, -0.05) is 0 Å². The van der Waals surface area contributed by atoms with Crippen LogP contribution in [0.5, 0.6) is 0 Å². The van der Waals surface area contributed by atoms with E-state index < -0.39 is 0 Å². The van der Waals surface area contributed by atoms with Crippen molar-refractivity contribution in [2.45, 2.75) is 26.8 Å². The quantitative estimate of drug-likeness (QED) is 0.775. The molecular weight excluding hydrogens is 254 g/mol. The standard InChI is InChI=1S/C14H17N5O/c1-8(2)19-14-13(9(3)16-19)10(7-12(20)15-14)11-5-6-18(4)17-11/h5-8H,1-4H3,(H,15,20). The van der Waals surface area contributed by atoms with E-state index in [9.17, 15) is 4.79 Å². The Morgan fingerprint density at radius 2 is 2.05 bits per heavy atom. The van der Waals surface area contributed by atoms with E-state index >= 15 is 0 Å². The first-order chi connectivity index (χ1) is 9.47. The highest BCUT2D eigenvalue weighted by Crippen LogP contribution is 2.28. The molecule has 0 atom stereocenters. The van der Waals surface area contributed by atoms with Gasteiger partial charge in [-0.2, -0.15) is 10.2 Å². The summed E-state index contributed by atoms with van der Waals surface area (Å²) in [5.74, 6) is 0. The highest BCUT2D eigenvalue weighted by atomic mass is 16.1. The molecule has 0 radical (unpaired) electrons. The predicted molar refractivity (Wildman–Crippen MR) is 77.7 cm³/mol. The molecule has 0 spiro atoms. The van der Waals surface area contributed by atoms with Crippen LogP contribution in [-0.4, -0.2) is 24.5 Å². The molecule has 0 aliphatic rings. The Morgan fingerprint density at radius 1 is 1.30 bits per heavy atom. The summed E-state index contributed by atoms with van der Waals surface area (Å²) in [6, 6.07) is 3.67. The van der Waals surface area contributed by atoms with Crippen LogP contribution in [0.25, 0.3) is 22.3 Å². The Hall–Kier alpha value is -2.37. The fourth-order valence-corrected chi connectivity index (χ4v) is 2.48. The number of aromatic amines is 1. The van der Waals surface area contributed by atoms with Crippen LogP contribution in [0.2, 0.25) is 0 Å². The zero-order valence-electron chi connectivity index (χ0n) is 12.0. The highest BCUT2D eigenvalue weighted by Gasteiger charge is 2.17. The van der Waals surface area contributed by atoms with E-state index in [1.54, 1.807) is 10.7 Å². The Bertz CT molecular complexity index is 837. The Balaban J connectivity index is 2.41. The maximum absolute atomic E-state index is 11.9. The summed E-state index contributed by atoms with van der Waals surface area (Å²) in [6.45, 7) is 6.03.